The molecule has 53 heavy (non-hydrogen) atoms. The molecule has 0 amide bonds. The van der Waals surface area contributed by atoms with Crippen molar-refractivity contribution in [1.82, 2.24) is 24.8 Å². The van der Waals surface area contributed by atoms with Crippen molar-refractivity contribution in [3.63, 3.8) is 0 Å². The van der Waals surface area contributed by atoms with Gasteiger partial charge in [0.15, 0.2) is 11.4 Å². The largest absolute Gasteiger partial charge is 0.481 e. The van der Waals surface area contributed by atoms with Gasteiger partial charge in [-0.05, 0) is 91.9 Å². The van der Waals surface area contributed by atoms with E-state index in [1.165, 1.54) is 0 Å². The maximum Gasteiger partial charge on any atom is 0.310 e. The van der Waals surface area contributed by atoms with Gasteiger partial charge in [0.25, 0.3) is 0 Å². The van der Waals surface area contributed by atoms with Gasteiger partial charge in [-0.25, -0.2) is 9.97 Å². The van der Waals surface area contributed by atoms with Crippen molar-refractivity contribution in [1.29, 1.82) is 5.26 Å². The molecule has 2 aromatic carbocycles. The molecule has 1 aliphatic carbocycles. The van der Waals surface area contributed by atoms with Crippen molar-refractivity contribution < 1.29 is 19.4 Å². The zero-order chi connectivity index (χ0) is 36.9. The number of nitriles is 1. The second kappa shape index (κ2) is 13.7. The molecule has 3 aromatic heterocycles. The number of hydrogen-bond donors (Lipinski definition) is 3. The minimum absolute atomic E-state index is 0.261. The second-order valence-corrected chi connectivity index (χ2v) is 15.7. The first-order valence-electron chi connectivity index (χ1n) is 17.9. The normalized spacial score (nSPS) is 24.8. The van der Waals surface area contributed by atoms with Gasteiger partial charge in [0.1, 0.15) is 17.1 Å². The lowest BCUT2D eigenvalue weighted by Gasteiger charge is -2.33. The number of fused-ring (bicyclic) bond motifs is 2. The lowest BCUT2D eigenvalue weighted by Crippen LogP contribution is -2.31. The number of aliphatic hydroxyl groups excluding tert-OH is 1. The van der Waals surface area contributed by atoms with Crippen LogP contribution in [0, 0.1) is 16.7 Å². The molecule has 0 saturated carbocycles. The Hall–Kier alpha value is -5.12. The van der Waals surface area contributed by atoms with E-state index in [2.05, 4.69) is 32.2 Å². The minimum atomic E-state index is -0.943. The number of pyridine rings is 2. The van der Waals surface area contributed by atoms with Gasteiger partial charge in [-0.1, -0.05) is 30.4 Å². The number of carboxylic acid groups (broad SMARTS) is 1. The first-order chi connectivity index (χ1) is 25.5. The zero-order valence-corrected chi connectivity index (χ0v) is 30.3. The molecule has 0 bridgehead atoms. The lowest BCUT2D eigenvalue weighted by atomic mass is 9.79. The summed E-state index contributed by atoms with van der Waals surface area (Å²) in [4.78, 5) is 29.4. The molecule has 0 radical (unpaired) electrons. The van der Waals surface area contributed by atoms with Crippen LogP contribution < -0.4 is 5.32 Å². The number of aromatic nitrogens is 3. The molecule has 2 aliphatic heterocycles. The van der Waals surface area contributed by atoms with Crippen molar-refractivity contribution >= 4 is 56.7 Å². The smallest absolute Gasteiger partial charge is 0.310 e. The molecular formula is C41H40ClN7O4. The summed E-state index contributed by atoms with van der Waals surface area (Å²) in [5.41, 5.74) is 5.93. The molecule has 2 saturated heterocycles. The number of nitrogens with zero attached hydrogens (tertiary/aromatic N) is 6. The fourth-order valence-corrected chi connectivity index (χ4v) is 8.24. The van der Waals surface area contributed by atoms with Crippen LogP contribution in [0.1, 0.15) is 60.8 Å². The number of anilines is 2. The van der Waals surface area contributed by atoms with Crippen LogP contribution in [0.5, 0.6) is 0 Å². The number of aliphatic carboxylic acids is 1. The van der Waals surface area contributed by atoms with Crippen molar-refractivity contribution in [3.8, 4) is 6.07 Å². The first kappa shape index (κ1) is 34.9. The van der Waals surface area contributed by atoms with E-state index >= 15 is 0 Å². The average Bonchev–Trinajstić information content (AvgIpc) is 3.86. The quantitative estimate of drug-likeness (QED) is 0.135. The SMILES string of the molecule is CC1(Cl)C(c2cccc(Nc3nccc4cc(CN5CC[C@H](O)C5)cnc34)c2)=CC=CC1c1nc2cc(CN3CC[C@@](C)(C(=O)O)C3)cc(C#N)c2o1. The van der Waals surface area contributed by atoms with E-state index in [1.54, 1.807) is 19.2 Å². The van der Waals surface area contributed by atoms with E-state index < -0.39 is 22.2 Å². The summed E-state index contributed by atoms with van der Waals surface area (Å²) >= 11 is 7.45. The number of oxazole rings is 1. The summed E-state index contributed by atoms with van der Waals surface area (Å²) in [6, 6.07) is 18.1. The number of nitrogens with one attached hydrogen (secondary N) is 1. The Balaban J connectivity index is 1.02. The maximum absolute atomic E-state index is 11.8. The van der Waals surface area contributed by atoms with Crippen LogP contribution in [0.2, 0.25) is 0 Å². The van der Waals surface area contributed by atoms with Crippen LogP contribution in [0.25, 0.3) is 27.6 Å². The Labute approximate surface area is 312 Å². The average molecular weight is 730 g/mol. The molecule has 5 aromatic rings. The van der Waals surface area contributed by atoms with E-state index in [9.17, 15) is 20.3 Å². The molecule has 2 fully saturated rings. The molecule has 8 rings (SSSR count). The van der Waals surface area contributed by atoms with Gasteiger partial charge in [-0.15, -0.1) is 11.6 Å². The van der Waals surface area contributed by atoms with E-state index in [4.69, 9.17) is 26.0 Å². The van der Waals surface area contributed by atoms with Crippen molar-refractivity contribution in [2.45, 2.75) is 56.7 Å². The molecule has 5 heterocycles. The van der Waals surface area contributed by atoms with Crippen LogP contribution in [0.15, 0.2) is 83.6 Å². The highest BCUT2D eigenvalue weighted by molar-refractivity contribution is 6.31. The molecule has 2 unspecified atom stereocenters. The van der Waals surface area contributed by atoms with Crippen molar-refractivity contribution in [3.05, 3.63) is 107 Å². The van der Waals surface area contributed by atoms with Crippen LogP contribution in [0.3, 0.4) is 0 Å². The summed E-state index contributed by atoms with van der Waals surface area (Å²) < 4.78 is 6.30. The van der Waals surface area contributed by atoms with Crippen LogP contribution in [-0.4, -0.2) is 78.1 Å². The summed E-state index contributed by atoms with van der Waals surface area (Å²) in [6.45, 7) is 7.65. The Bertz CT molecular complexity index is 2350. The van der Waals surface area contributed by atoms with Gasteiger partial charge < -0.3 is 19.9 Å². The van der Waals surface area contributed by atoms with Gasteiger partial charge >= 0.3 is 5.97 Å². The highest BCUT2D eigenvalue weighted by Crippen LogP contribution is 2.48. The van der Waals surface area contributed by atoms with E-state index in [1.807, 2.05) is 67.7 Å². The Morgan fingerprint density at radius 3 is 2.74 bits per heavy atom. The number of aliphatic hydroxyl groups is 1. The van der Waals surface area contributed by atoms with Gasteiger partial charge in [-0.3, -0.25) is 19.6 Å². The van der Waals surface area contributed by atoms with Crippen LogP contribution in [0.4, 0.5) is 11.5 Å². The summed E-state index contributed by atoms with van der Waals surface area (Å²) in [5, 5.41) is 34.1. The van der Waals surface area contributed by atoms with Gasteiger partial charge in [0, 0.05) is 56.2 Å². The molecule has 4 atom stereocenters. The standard InChI is InChI=1S/C41H40ClN7O4/c1-40(39(51)52)11-14-49(24-40)21-25-15-29(19-43)36-34(17-25)47-38(53-36)33-8-4-7-32(41(33,2)42)27-5-3-6-30(18-27)46-37-35-28(9-12-44-37)16-26(20-45-35)22-48-13-10-31(50)23-48/h3-9,12,15-18,20,31,33,50H,10-11,13-14,21-24H2,1-2H3,(H,44,46)(H,51,52)/t31-,33?,40+,41?/m0/s1. The van der Waals surface area contributed by atoms with E-state index in [0.717, 1.165) is 58.4 Å². The zero-order valence-electron chi connectivity index (χ0n) is 29.6. The molecular weight excluding hydrogens is 690 g/mol. The molecule has 3 N–H and O–H groups in total. The number of allylic oxidation sites excluding steroid dienone is 4. The number of β-amino-alcohol motifs (C(OH)–C–C–N with tert-alkyl or cyclic N) is 1. The summed E-state index contributed by atoms with van der Waals surface area (Å²) in [6.07, 6.45) is 10.7. The Morgan fingerprint density at radius 1 is 1.11 bits per heavy atom. The topological polar surface area (TPSA) is 152 Å². The minimum Gasteiger partial charge on any atom is -0.481 e. The number of halogens is 1. The molecule has 0 spiro atoms. The van der Waals surface area contributed by atoms with Crippen molar-refractivity contribution in [2.24, 2.45) is 5.41 Å². The lowest BCUT2D eigenvalue weighted by molar-refractivity contribution is -0.147. The third-order valence-electron chi connectivity index (χ3n) is 10.9. The maximum atomic E-state index is 11.8. The number of carboxylic acids is 1. The van der Waals surface area contributed by atoms with E-state index in [0.29, 0.717) is 61.0 Å². The van der Waals surface area contributed by atoms with Gasteiger partial charge in [0.2, 0.25) is 5.89 Å². The highest BCUT2D eigenvalue weighted by atomic mass is 35.5. The number of carbonyl (C=O) groups is 1. The molecule has 11 nitrogen and oxygen atoms in total. The number of benzene rings is 2. The second-order valence-electron chi connectivity index (χ2n) is 15.0. The van der Waals surface area contributed by atoms with Crippen LogP contribution in [-0.2, 0) is 17.9 Å². The summed E-state index contributed by atoms with van der Waals surface area (Å²) in [5.74, 6) is -0.167. The number of likely N-dealkylation sites (tertiary alicyclic amines) is 2. The molecule has 3 aliphatic rings. The fraction of sp³-hybridized carbons (Fsp3) is 0.341. The van der Waals surface area contributed by atoms with Crippen molar-refractivity contribution in [2.75, 3.05) is 31.5 Å². The first-order valence-corrected chi connectivity index (χ1v) is 18.3. The van der Waals surface area contributed by atoms with E-state index in [-0.39, 0.29) is 6.10 Å². The third kappa shape index (κ3) is 6.80. The predicted molar refractivity (Wildman–Crippen MR) is 204 cm³/mol. The summed E-state index contributed by atoms with van der Waals surface area (Å²) in [7, 11) is 0. The molecule has 12 heteroatoms. The highest BCUT2D eigenvalue weighted by Gasteiger charge is 2.42. The number of alkyl halides is 1. The number of hydrogen-bond acceptors (Lipinski definition) is 10. The predicted octanol–water partition coefficient (Wildman–Crippen LogP) is 6.98. The third-order valence-corrected chi connectivity index (χ3v) is 11.3. The Morgan fingerprint density at radius 2 is 1.96 bits per heavy atom. The molecule has 270 valence electrons. The monoisotopic (exact) mass is 729 g/mol. The van der Waals surface area contributed by atoms with Crippen LogP contribution >= 0.6 is 11.6 Å². The Kier molecular flexibility index (Phi) is 9.03. The van der Waals surface area contributed by atoms with Gasteiger partial charge in [0.05, 0.1) is 27.9 Å². The fourth-order valence-electron chi connectivity index (χ4n) is 7.91. The van der Waals surface area contributed by atoms with Gasteiger partial charge in [-0.2, -0.15) is 5.26 Å². The number of rotatable bonds is 9.